The number of allylic oxidation sites excluding steroid dienone is 1. The largest absolute Gasteiger partial charge is 0.387 e. The Bertz CT molecular complexity index is 849. The number of aliphatic hydroxyl groups is 2. The van der Waals surface area contributed by atoms with E-state index in [2.05, 4.69) is 19.2 Å². The van der Waals surface area contributed by atoms with Crippen molar-refractivity contribution in [2.24, 2.45) is 0 Å². The summed E-state index contributed by atoms with van der Waals surface area (Å²) in [5, 5.41) is 23.4. The second kappa shape index (κ2) is 35.4. The van der Waals surface area contributed by atoms with E-state index in [9.17, 15) is 28.0 Å². The van der Waals surface area contributed by atoms with E-state index >= 15 is 0 Å². The molecule has 0 aromatic carbocycles. The second-order valence-electron chi connectivity index (χ2n) is 14.8. The monoisotopic (exact) mass is 716 g/mol. The number of nitrogens with one attached hydrogen (secondary N) is 1. The molecule has 3 atom stereocenters. The molecule has 0 aromatic heterocycles. The molecule has 0 aliphatic carbocycles. The molecule has 7 nitrogen and oxygen atoms in total. The van der Waals surface area contributed by atoms with Gasteiger partial charge in [0.15, 0.2) is 0 Å². The van der Waals surface area contributed by atoms with Crippen molar-refractivity contribution in [3.8, 4) is 0 Å². The molecule has 1 amide bonds. The standard InChI is InChI=1S/C41H81NO6S/c1-3-5-7-9-11-13-15-16-17-18-19-20-21-22-23-24-26-28-30-32-34-36-40(44)41(45)42-38(37-49(46,47)48)39(43)35-33-31-29-27-25-14-12-10-8-6-4-2/h33,35,38-40,43-44H,3-32,34,36-37H2,1-2H3,(H,42,45)(H,46,47,48)/b35-33+. The molecule has 0 aliphatic heterocycles. The molecule has 3 unspecified atom stereocenters. The molecule has 0 heterocycles. The van der Waals surface area contributed by atoms with Crippen LogP contribution in [0, 0.1) is 0 Å². The Kier molecular flexibility index (Phi) is 34.7. The average Bonchev–Trinajstić information content (AvgIpc) is 3.06. The van der Waals surface area contributed by atoms with Gasteiger partial charge in [-0.25, -0.2) is 0 Å². The van der Waals surface area contributed by atoms with Crippen molar-refractivity contribution in [1.82, 2.24) is 5.32 Å². The lowest BCUT2D eigenvalue weighted by Crippen LogP contribution is -2.50. The maximum absolute atomic E-state index is 12.6. The maximum Gasteiger partial charge on any atom is 0.267 e. The van der Waals surface area contributed by atoms with Crippen LogP contribution in [0.5, 0.6) is 0 Å². The van der Waals surface area contributed by atoms with E-state index in [1.807, 2.05) is 0 Å². The number of rotatable bonds is 38. The molecule has 8 heteroatoms. The van der Waals surface area contributed by atoms with Crippen LogP contribution >= 0.6 is 0 Å². The van der Waals surface area contributed by atoms with Crippen molar-refractivity contribution in [3.05, 3.63) is 12.2 Å². The fourth-order valence-corrected chi connectivity index (χ4v) is 7.31. The van der Waals surface area contributed by atoms with Crippen molar-refractivity contribution in [2.45, 2.75) is 238 Å². The Morgan fingerprint density at radius 1 is 0.551 bits per heavy atom. The highest BCUT2D eigenvalue weighted by Crippen LogP contribution is 2.16. The summed E-state index contributed by atoms with van der Waals surface area (Å²) < 4.78 is 32.4. The molecule has 0 saturated carbocycles. The molecular formula is C41H81NO6S. The minimum Gasteiger partial charge on any atom is -0.387 e. The highest BCUT2D eigenvalue weighted by atomic mass is 32.2. The molecule has 0 rings (SSSR count). The number of amides is 1. The summed E-state index contributed by atoms with van der Waals surface area (Å²) in [6.07, 6.45) is 39.9. The number of carbonyl (C=O) groups excluding carboxylic acids is 1. The molecule has 0 spiro atoms. The van der Waals surface area contributed by atoms with Crippen LogP contribution in [0.1, 0.15) is 219 Å². The fraction of sp³-hybridized carbons (Fsp3) is 0.927. The summed E-state index contributed by atoms with van der Waals surface area (Å²) in [7, 11) is -4.43. The Balaban J connectivity index is 3.90. The summed E-state index contributed by atoms with van der Waals surface area (Å²) in [5.41, 5.74) is 0. The smallest absolute Gasteiger partial charge is 0.267 e. The number of carbonyl (C=O) groups is 1. The third-order valence-electron chi connectivity index (χ3n) is 9.82. The predicted octanol–water partition coefficient (Wildman–Crippen LogP) is 11.2. The Morgan fingerprint density at radius 2 is 0.878 bits per heavy atom. The summed E-state index contributed by atoms with van der Waals surface area (Å²) in [4.78, 5) is 12.6. The first-order valence-electron chi connectivity index (χ1n) is 21.0. The molecule has 0 aliphatic rings. The van der Waals surface area contributed by atoms with Crippen molar-refractivity contribution >= 4 is 16.0 Å². The molecule has 0 aromatic rings. The number of hydrogen-bond donors (Lipinski definition) is 4. The van der Waals surface area contributed by atoms with Gasteiger partial charge in [0.1, 0.15) is 6.10 Å². The minimum absolute atomic E-state index is 0.286. The third kappa shape index (κ3) is 35.2. The zero-order valence-corrected chi connectivity index (χ0v) is 33.0. The first-order chi connectivity index (χ1) is 23.7. The summed E-state index contributed by atoms with van der Waals surface area (Å²) in [6.45, 7) is 4.50. The van der Waals surface area contributed by atoms with E-state index in [4.69, 9.17) is 0 Å². The van der Waals surface area contributed by atoms with Crippen LogP contribution in [0.2, 0.25) is 0 Å². The van der Waals surface area contributed by atoms with Gasteiger partial charge < -0.3 is 15.5 Å². The van der Waals surface area contributed by atoms with Crippen LogP contribution in [0.15, 0.2) is 12.2 Å². The van der Waals surface area contributed by atoms with E-state index < -0.39 is 40.0 Å². The topological polar surface area (TPSA) is 124 Å². The maximum atomic E-state index is 12.6. The zero-order valence-electron chi connectivity index (χ0n) is 32.2. The van der Waals surface area contributed by atoms with E-state index in [-0.39, 0.29) is 6.42 Å². The van der Waals surface area contributed by atoms with Crippen LogP contribution in [0.25, 0.3) is 0 Å². The zero-order chi connectivity index (χ0) is 36.3. The van der Waals surface area contributed by atoms with E-state index in [1.54, 1.807) is 6.08 Å². The predicted molar refractivity (Wildman–Crippen MR) is 209 cm³/mol. The van der Waals surface area contributed by atoms with Gasteiger partial charge in [0.2, 0.25) is 5.91 Å². The highest BCUT2D eigenvalue weighted by molar-refractivity contribution is 7.85. The quantitative estimate of drug-likeness (QED) is 0.0286. The van der Waals surface area contributed by atoms with Crippen LogP contribution < -0.4 is 5.32 Å². The molecule has 292 valence electrons. The summed E-state index contributed by atoms with van der Waals surface area (Å²) >= 11 is 0. The molecule has 0 fully saturated rings. The second-order valence-corrected chi connectivity index (χ2v) is 16.3. The lowest BCUT2D eigenvalue weighted by atomic mass is 10.0. The Labute approximate surface area is 304 Å². The molecule has 0 saturated heterocycles. The molecule has 4 N–H and O–H groups in total. The van der Waals surface area contributed by atoms with Crippen LogP contribution in [0.3, 0.4) is 0 Å². The highest BCUT2D eigenvalue weighted by Gasteiger charge is 2.27. The van der Waals surface area contributed by atoms with E-state index in [0.29, 0.717) is 6.42 Å². The van der Waals surface area contributed by atoms with Gasteiger partial charge >= 0.3 is 0 Å². The number of unbranched alkanes of at least 4 members (excludes halogenated alkanes) is 29. The fourth-order valence-electron chi connectivity index (χ4n) is 6.57. The minimum atomic E-state index is -4.43. The lowest BCUT2D eigenvalue weighted by Gasteiger charge is -2.22. The Hall–Kier alpha value is -0.960. The van der Waals surface area contributed by atoms with Gasteiger partial charge in [-0.2, -0.15) is 8.42 Å². The van der Waals surface area contributed by atoms with Crippen molar-refractivity contribution in [2.75, 3.05) is 5.75 Å². The summed E-state index contributed by atoms with van der Waals surface area (Å²) in [5.74, 6) is -1.53. The van der Waals surface area contributed by atoms with Gasteiger partial charge in [-0.15, -0.1) is 0 Å². The number of aliphatic hydroxyl groups excluding tert-OH is 2. The normalized spacial score (nSPS) is 14.0. The van der Waals surface area contributed by atoms with Gasteiger partial charge in [0.25, 0.3) is 10.1 Å². The van der Waals surface area contributed by atoms with E-state index in [0.717, 1.165) is 38.5 Å². The van der Waals surface area contributed by atoms with Crippen molar-refractivity contribution in [1.29, 1.82) is 0 Å². The first kappa shape index (κ1) is 48.0. The van der Waals surface area contributed by atoms with Gasteiger partial charge in [0.05, 0.1) is 17.9 Å². The lowest BCUT2D eigenvalue weighted by molar-refractivity contribution is -0.130. The SMILES string of the molecule is CCCCCCCCCCC/C=C/C(O)C(CS(=O)(=O)O)NC(=O)C(O)CCCCCCCCCCCCCCCCCCCCCCC. The van der Waals surface area contributed by atoms with Crippen molar-refractivity contribution < 1.29 is 28.0 Å². The van der Waals surface area contributed by atoms with Crippen LogP contribution in [-0.2, 0) is 14.9 Å². The van der Waals surface area contributed by atoms with Crippen LogP contribution in [-0.4, -0.2) is 53.1 Å². The molecule has 0 radical (unpaired) electrons. The molecule has 0 bridgehead atoms. The summed E-state index contributed by atoms with van der Waals surface area (Å²) in [6, 6.07) is -1.23. The first-order valence-corrected chi connectivity index (χ1v) is 22.6. The van der Waals surface area contributed by atoms with Crippen molar-refractivity contribution in [3.63, 3.8) is 0 Å². The van der Waals surface area contributed by atoms with Gasteiger partial charge in [0, 0.05) is 0 Å². The van der Waals surface area contributed by atoms with Gasteiger partial charge in [-0.3, -0.25) is 9.35 Å². The van der Waals surface area contributed by atoms with Crippen LogP contribution in [0.4, 0.5) is 0 Å². The van der Waals surface area contributed by atoms with Gasteiger partial charge in [-0.05, 0) is 19.3 Å². The Morgan fingerprint density at radius 3 is 1.22 bits per heavy atom. The third-order valence-corrected chi connectivity index (χ3v) is 10.6. The molecule has 49 heavy (non-hydrogen) atoms. The van der Waals surface area contributed by atoms with Gasteiger partial charge in [-0.1, -0.05) is 212 Å². The number of hydrogen-bond acceptors (Lipinski definition) is 5. The average molecular weight is 716 g/mol. The van der Waals surface area contributed by atoms with E-state index in [1.165, 1.54) is 160 Å². The molecular weight excluding hydrogens is 635 g/mol.